The van der Waals surface area contributed by atoms with Gasteiger partial charge in [-0.2, -0.15) is 0 Å². The number of H-pyrrole nitrogens is 1. The van der Waals surface area contributed by atoms with Crippen LogP contribution in [-0.2, 0) is 11.3 Å². The van der Waals surface area contributed by atoms with Gasteiger partial charge in [0.25, 0.3) is 0 Å². The summed E-state index contributed by atoms with van der Waals surface area (Å²) in [6.45, 7) is 8.46. The molecule has 0 radical (unpaired) electrons. The Bertz CT molecular complexity index is 753. The molecule has 1 atom stereocenters. The molecule has 1 aliphatic carbocycles. The molecule has 1 aromatic heterocycles. The highest BCUT2D eigenvalue weighted by Gasteiger charge is 2.26. The second kappa shape index (κ2) is 7.92. The zero-order valence-electron chi connectivity index (χ0n) is 16.3. The molecule has 1 saturated carbocycles. The lowest BCUT2D eigenvalue weighted by Gasteiger charge is -2.38. The first-order valence-electron chi connectivity index (χ1n) is 10.7. The summed E-state index contributed by atoms with van der Waals surface area (Å²) in [5, 5.41) is 4.92. The number of morpholine rings is 1. The molecule has 0 bridgehead atoms. The van der Waals surface area contributed by atoms with Crippen LogP contribution in [0.3, 0.4) is 0 Å². The van der Waals surface area contributed by atoms with Gasteiger partial charge in [0.05, 0.1) is 19.3 Å². The average Bonchev–Trinajstić information content (AvgIpc) is 3.40. The van der Waals surface area contributed by atoms with Crippen molar-refractivity contribution in [3.05, 3.63) is 35.5 Å². The number of nitrogens with zero attached hydrogens (tertiary/aromatic N) is 2. The van der Waals surface area contributed by atoms with E-state index < -0.39 is 0 Å². The van der Waals surface area contributed by atoms with Gasteiger partial charge in [-0.15, -0.1) is 0 Å². The van der Waals surface area contributed by atoms with Gasteiger partial charge in [0.1, 0.15) is 0 Å². The van der Waals surface area contributed by atoms with Crippen LogP contribution in [0.2, 0.25) is 0 Å². The van der Waals surface area contributed by atoms with E-state index in [0.717, 1.165) is 32.3 Å². The predicted octanol–water partition coefficient (Wildman–Crippen LogP) is 2.89. The van der Waals surface area contributed by atoms with Crippen LogP contribution in [0.15, 0.2) is 24.4 Å². The van der Waals surface area contributed by atoms with Gasteiger partial charge in [-0.05, 0) is 30.0 Å². The van der Waals surface area contributed by atoms with Crippen molar-refractivity contribution < 1.29 is 4.74 Å². The molecule has 2 saturated heterocycles. The van der Waals surface area contributed by atoms with Gasteiger partial charge in [-0.3, -0.25) is 9.80 Å². The number of aromatic amines is 1. The summed E-state index contributed by atoms with van der Waals surface area (Å²) in [4.78, 5) is 8.87. The smallest absolute Gasteiger partial charge is 0.0662 e. The van der Waals surface area contributed by atoms with Gasteiger partial charge >= 0.3 is 0 Å². The molecule has 2 aliphatic heterocycles. The van der Waals surface area contributed by atoms with Crippen LogP contribution < -0.4 is 5.32 Å². The molecule has 3 aliphatic rings. The maximum Gasteiger partial charge on any atom is 0.0662 e. The number of hydrogen-bond donors (Lipinski definition) is 2. The number of ether oxygens (including phenoxy) is 1. The monoisotopic (exact) mass is 368 g/mol. The third-order valence-electron chi connectivity index (χ3n) is 6.76. The SMILES string of the molecule is c1cc2c(CN3CCN(C4CCCC4)CC3)c[nH]c2cc1C1COCCN1. The van der Waals surface area contributed by atoms with E-state index in [1.807, 2.05) is 0 Å². The Labute approximate surface area is 162 Å². The van der Waals surface area contributed by atoms with E-state index in [1.54, 1.807) is 0 Å². The van der Waals surface area contributed by atoms with E-state index in [0.29, 0.717) is 6.04 Å². The first kappa shape index (κ1) is 17.7. The molecule has 0 spiro atoms. The average molecular weight is 369 g/mol. The molecule has 1 aromatic carbocycles. The highest BCUT2D eigenvalue weighted by atomic mass is 16.5. The second-order valence-electron chi connectivity index (χ2n) is 8.45. The number of aromatic nitrogens is 1. The van der Waals surface area contributed by atoms with Gasteiger partial charge in [0.15, 0.2) is 0 Å². The Morgan fingerprint density at radius 1 is 1.07 bits per heavy atom. The van der Waals surface area contributed by atoms with Gasteiger partial charge in [-0.25, -0.2) is 0 Å². The molecular weight excluding hydrogens is 336 g/mol. The predicted molar refractivity (Wildman–Crippen MR) is 109 cm³/mol. The lowest BCUT2D eigenvalue weighted by Crippen LogP contribution is -2.49. The van der Waals surface area contributed by atoms with Gasteiger partial charge in [-0.1, -0.05) is 25.0 Å². The quantitative estimate of drug-likeness (QED) is 0.871. The first-order chi connectivity index (χ1) is 13.4. The maximum absolute atomic E-state index is 5.62. The van der Waals surface area contributed by atoms with Crippen molar-refractivity contribution in [3.63, 3.8) is 0 Å². The number of benzene rings is 1. The molecule has 0 amide bonds. The van der Waals surface area contributed by atoms with Crippen LogP contribution in [0.4, 0.5) is 0 Å². The molecule has 2 aromatic rings. The van der Waals surface area contributed by atoms with E-state index in [9.17, 15) is 0 Å². The fourth-order valence-corrected chi connectivity index (χ4v) is 5.13. The number of rotatable bonds is 4. The minimum atomic E-state index is 0.318. The normalized spacial score (nSPS) is 26.1. The van der Waals surface area contributed by atoms with Crippen LogP contribution in [-0.4, -0.2) is 66.8 Å². The molecule has 5 nitrogen and oxygen atoms in total. The summed E-state index contributed by atoms with van der Waals surface area (Å²) in [6, 6.07) is 8.05. The van der Waals surface area contributed by atoms with Crippen molar-refractivity contribution in [2.75, 3.05) is 45.9 Å². The fourth-order valence-electron chi connectivity index (χ4n) is 5.13. The molecular formula is C22H32N4O. The zero-order valence-corrected chi connectivity index (χ0v) is 16.3. The standard InChI is InChI=1S/C22H32N4O/c1-2-4-19(3-1)26-10-8-25(9-11-26)15-18-14-24-21-13-17(5-6-20(18)21)22-16-27-12-7-23-22/h5-6,13-14,19,22-24H,1-4,7-12,15-16H2. The van der Waals surface area contributed by atoms with Crippen molar-refractivity contribution in [1.29, 1.82) is 0 Å². The Morgan fingerprint density at radius 3 is 2.70 bits per heavy atom. The molecule has 2 N–H and O–H groups in total. The van der Waals surface area contributed by atoms with Crippen LogP contribution in [0.5, 0.6) is 0 Å². The first-order valence-corrected chi connectivity index (χ1v) is 10.7. The maximum atomic E-state index is 5.62. The Hall–Kier alpha value is -1.40. The Kier molecular flexibility index (Phi) is 5.18. The summed E-state index contributed by atoms with van der Waals surface area (Å²) in [7, 11) is 0. The van der Waals surface area contributed by atoms with E-state index in [2.05, 4.69) is 44.5 Å². The highest BCUT2D eigenvalue weighted by Crippen LogP contribution is 2.27. The van der Waals surface area contributed by atoms with E-state index >= 15 is 0 Å². The van der Waals surface area contributed by atoms with Gasteiger partial charge in [0, 0.05) is 62.4 Å². The second-order valence-corrected chi connectivity index (χ2v) is 8.45. The van der Waals surface area contributed by atoms with Crippen LogP contribution in [0, 0.1) is 0 Å². The Balaban J connectivity index is 1.23. The minimum Gasteiger partial charge on any atom is -0.378 e. The molecule has 3 fully saturated rings. The minimum absolute atomic E-state index is 0.318. The molecule has 3 heterocycles. The molecule has 1 unspecified atom stereocenters. The van der Waals surface area contributed by atoms with Crippen LogP contribution in [0.1, 0.15) is 42.9 Å². The molecule has 5 heteroatoms. The molecule has 5 rings (SSSR count). The van der Waals surface area contributed by atoms with Gasteiger partial charge < -0.3 is 15.0 Å². The van der Waals surface area contributed by atoms with Crippen molar-refractivity contribution in [3.8, 4) is 0 Å². The lowest BCUT2D eigenvalue weighted by atomic mass is 10.0. The number of fused-ring (bicyclic) bond motifs is 1. The van der Waals surface area contributed by atoms with Crippen molar-refractivity contribution in [2.24, 2.45) is 0 Å². The highest BCUT2D eigenvalue weighted by molar-refractivity contribution is 5.83. The zero-order chi connectivity index (χ0) is 18.1. The van der Waals surface area contributed by atoms with Crippen molar-refractivity contribution in [1.82, 2.24) is 20.1 Å². The number of hydrogen-bond acceptors (Lipinski definition) is 4. The largest absolute Gasteiger partial charge is 0.378 e. The summed E-state index contributed by atoms with van der Waals surface area (Å²) in [6.07, 6.45) is 7.93. The van der Waals surface area contributed by atoms with E-state index in [1.165, 1.54) is 73.9 Å². The van der Waals surface area contributed by atoms with Crippen LogP contribution >= 0.6 is 0 Å². The van der Waals surface area contributed by atoms with E-state index in [-0.39, 0.29) is 0 Å². The number of piperazine rings is 1. The van der Waals surface area contributed by atoms with Crippen LogP contribution in [0.25, 0.3) is 10.9 Å². The van der Waals surface area contributed by atoms with Gasteiger partial charge in [0.2, 0.25) is 0 Å². The third kappa shape index (κ3) is 3.79. The summed E-state index contributed by atoms with van der Waals surface area (Å²) < 4.78 is 5.62. The molecule has 146 valence electrons. The molecule has 27 heavy (non-hydrogen) atoms. The van der Waals surface area contributed by atoms with Crippen molar-refractivity contribution >= 4 is 10.9 Å². The number of nitrogens with one attached hydrogen (secondary N) is 2. The fraction of sp³-hybridized carbons (Fsp3) is 0.636. The Morgan fingerprint density at radius 2 is 1.93 bits per heavy atom. The summed E-state index contributed by atoms with van der Waals surface area (Å²) in [5.74, 6) is 0. The topological polar surface area (TPSA) is 43.5 Å². The summed E-state index contributed by atoms with van der Waals surface area (Å²) >= 11 is 0. The summed E-state index contributed by atoms with van der Waals surface area (Å²) in [5.41, 5.74) is 4.00. The van der Waals surface area contributed by atoms with Crippen molar-refractivity contribution in [2.45, 2.75) is 44.3 Å². The lowest BCUT2D eigenvalue weighted by molar-refractivity contribution is 0.0769. The van der Waals surface area contributed by atoms with E-state index in [4.69, 9.17) is 4.74 Å². The third-order valence-corrected chi connectivity index (χ3v) is 6.76.